The molecule has 2 rings (SSSR count). The molecule has 0 amide bonds. The Bertz CT molecular complexity index is 413. The first kappa shape index (κ1) is 15.8. The van der Waals surface area contributed by atoms with Crippen LogP contribution in [0.1, 0.15) is 26.2 Å². The number of nitrogens with one attached hydrogen (secondary N) is 1. The lowest BCUT2D eigenvalue weighted by atomic mass is 10.1. The van der Waals surface area contributed by atoms with E-state index in [1.807, 2.05) is 0 Å². The first-order chi connectivity index (χ1) is 10.2. The summed E-state index contributed by atoms with van der Waals surface area (Å²) in [5, 5.41) is 3.27. The van der Waals surface area contributed by atoms with Crippen LogP contribution in [0.3, 0.4) is 0 Å². The Hall–Kier alpha value is -1.56. The molecule has 1 aliphatic rings. The van der Waals surface area contributed by atoms with Gasteiger partial charge in [0.2, 0.25) is 17.7 Å². The van der Waals surface area contributed by atoms with Gasteiger partial charge < -0.3 is 19.7 Å². The fourth-order valence-corrected chi connectivity index (χ4v) is 2.60. The van der Waals surface area contributed by atoms with E-state index in [2.05, 4.69) is 27.1 Å². The number of aromatic nitrogens is 2. The second kappa shape index (κ2) is 8.02. The standard InChI is InChI=1S/C15H26N4O2/c1-12(11-19-7-5-4-6-8-19)10-16-15-17-13(20-2)9-14(18-15)21-3/h9,12H,4-8,10-11H2,1-3H3,(H,16,17,18). The molecule has 0 aliphatic carbocycles. The van der Waals surface area contributed by atoms with Crippen LogP contribution in [-0.2, 0) is 0 Å². The maximum absolute atomic E-state index is 5.15. The molecule has 6 nitrogen and oxygen atoms in total. The quantitative estimate of drug-likeness (QED) is 0.830. The number of likely N-dealkylation sites (tertiary alicyclic amines) is 1. The van der Waals surface area contributed by atoms with Crippen molar-refractivity contribution in [1.29, 1.82) is 0 Å². The molecule has 1 aromatic rings. The van der Waals surface area contributed by atoms with Gasteiger partial charge in [-0.1, -0.05) is 13.3 Å². The molecule has 1 unspecified atom stereocenters. The molecule has 0 radical (unpaired) electrons. The largest absolute Gasteiger partial charge is 0.481 e. The van der Waals surface area contributed by atoms with Crippen LogP contribution in [0, 0.1) is 5.92 Å². The highest BCUT2D eigenvalue weighted by atomic mass is 16.5. The van der Waals surface area contributed by atoms with E-state index < -0.39 is 0 Å². The third-order valence-corrected chi connectivity index (χ3v) is 3.72. The number of hydrogen-bond donors (Lipinski definition) is 1. The molecule has 1 aliphatic heterocycles. The highest BCUT2D eigenvalue weighted by Gasteiger charge is 2.14. The van der Waals surface area contributed by atoms with Crippen molar-refractivity contribution in [3.8, 4) is 11.8 Å². The van der Waals surface area contributed by atoms with Gasteiger partial charge in [0, 0.05) is 13.1 Å². The summed E-state index contributed by atoms with van der Waals surface area (Å²) in [6.07, 6.45) is 4.03. The summed E-state index contributed by atoms with van der Waals surface area (Å²) < 4.78 is 10.3. The molecule has 1 N–H and O–H groups in total. The molecule has 1 aromatic heterocycles. The van der Waals surface area contributed by atoms with Gasteiger partial charge in [0.1, 0.15) is 0 Å². The molecule has 1 saturated heterocycles. The van der Waals surface area contributed by atoms with E-state index in [4.69, 9.17) is 9.47 Å². The van der Waals surface area contributed by atoms with E-state index in [0.717, 1.165) is 13.1 Å². The van der Waals surface area contributed by atoms with Crippen molar-refractivity contribution in [1.82, 2.24) is 14.9 Å². The van der Waals surface area contributed by atoms with Crippen molar-refractivity contribution in [2.24, 2.45) is 5.92 Å². The van der Waals surface area contributed by atoms with E-state index in [1.54, 1.807) is 20.3 Å². The second-order valence-corrected chi connectivity index (χ2v) is 5.62. The van der Waals surface area contributed by atoms with Gasteiger partial charge in [-0.05, 0) is 31.8 Å². The average molecular weight is 294 g/mol. The lowest BCUT2D eigenvalue weighted by molar-refractivity contribution is 0.204. The van der Waals surface area contributed by atoms with Crippen molar-refractivity contribution in [2.75, 3.05) is 45.7 Å². The number of piperidine rings is 1. The van der Waals surface area contributed by atoms with Gasteiger partial charge in [0.25, 0.3) is 0 Å². The van der Waals surface area contributed by atoms with E-state index in [1.165, 1.54) is 32.4 Å². The minimum atomic E-state index is 0.507. The Labute approximate surface area is 126 Å². The summed E-state index contributed by atoms with van der Waals surface area (Å²) in [4.78, 5) is 11.1. The van der Waals surface area contributed by atoms with Crippen LogP contribution >= 0.6 is 0 Å². The maximum atomic E-state index is 5.15. The Morgan fingerprint density at radius 3 is 2.33 bits per heavy atom. The number of methoxy groups -OCH3 is 2. The summed E-state index contributed by atoms with van der Waals surface area (Å²) >= 11 is 0. The lowest BCUT2D eigenvalue weighted by Crippen LogP contribution is -2.35. The molecular formula is C15H26N4O2. The number of hydrogen-bond acceptors (Lipinski definition) is 6. The third kappa shape index (κ3) is 5.04. The maximum Gasteiger partial charge on any atom is 0.229 e. The zero-order valence-electron chi connectivity index (χ0n) is 13.3. The second-order valence-electron chi connectivity index (χ2n) is 5.62. The van der Waals surface area contributed by atoms with E-state index in [-0.39, 0.29) is 0 Å². The lowest BCUT2D eigenvalue weighted by Gasteiger charge is -2.29. The highest BCUT2D eigenvalue weighted by molar-refractivity contribution is 5.33. The van der Waals surface area contributed by atoms with E-state index in [9.17, 15) is 0 Å². The van der Waals surface area contributed by atoms with E-state index >= 15 is 0 Å². The van der Waals surface area contributed by atoms with Crippen molar-refractivity contribution in [2.45, 2.75) is 26.2 Å². The summed E-state index contributed by atoms with van der Waals surface area (Å²) in [5.41, 5.74) is 0. The van der Waals surface area contributed by atoms with Crippen molar-refractivity contribution in [3.63, 3.8) is 0 Å². The van der Waals surface area contributed by atoms with Crippen LogP contribution in [0.2, 0.25) is 0 Å². The molecule has 2 heterocycles. The van der Waals surface area contributed by atoms with Gasteiger partial charge >= 0.3 is 0 Å². The zero-order chi connectivity index (χ0) is 15.1. The minimum absolute atomic E-state index is 0.507. The third-order valence-electron chi connectivity index (χ3n) is 3.72. The summed E-state index contributed by atoms with van der Waals surface area (Å²) in [5.74, 6) is 2.11. The first-order valence-electron chi connectivity index (χ1n) is 7.64. The van der Waals surface area contributed by atoms with Crippen LogP contribution in [0.5, 0.6) is 11.8 Å². The Kier molecular flexibility index (Phi) is 6.04. The van der Waals surface area contributed by atoms with Crippen LogP contribution in [0.25, 0.3) is 0 Å². The molecule has 0 bridgehead atoms. The topological polar surface area (TPSA) is 59.5 Å². The number of ether oxygens (including phenoxy) is 2. The van der Waals surface area contributed by atoms with Crippen LogP contribution in [0.15, 0.2) is 6.07 Å². The molecule has 1 fully saturated rings. The van der Waals surface area contributed by atoms with Crippen molar-refractivity contribution in [3.05, 3.63) is 6.07 Å². The van der Waals surface area contributed by atoms with E-state index in [0.29, 0.717) is 23.6 Å². The molecule has 0 spiro atoms. The Morgan fingerprint density at radius 2 is 1.76 bits per heavy atom. The molecule has 118 valence electrons. The number of nitrogens with zero attached hydrogens (tertiary/aromatic N) is 3. The Morgan fingerprint density at radius 1 is 1.14 bits per heavy atom. The molecule has 0 aromatic carbocycles. The fourth-order valence-electron chi connectivity index (χ4n) is 2.60. The van der Waals surface area contributed by atoms with Gasteiger partial charge in [0.05, 0.1) is 20.3 Å². The average Bonchev–Trinajstić information content (AvgIpc) is 2.53. The molecule has 0 saturated carbocycles. The monoisotopic (exact) mass is 294 g/mol. The Balaban J connectivity index is 1.83. The van der Waals surface area contributed by atoms with Crippen molar-refractivity contribution >= 4 is 5.95 Å². The molecule has 1 atom stereocenters. The SMILES string of the molecule is COc1cc(OC)nc(NCC(C)CN2CCCCC2)n1. The summed E-state index contributed by atoms with van der Waals surface area (Å²) in [7, 11) is 3.18. The zero-order valence-corrected chi connectivity index (χ0v) is 13.3. The van der Waals surface area contributed by atoms with Crippen molar-refractivity contribution < 1.29 is 9.47 Å². The van der Waals surface area contributed by atoms with Crippen LogP contribution in [-0.4, -0.2) is 55.3 Å². The van der Waals surface area contributed by atoms with Gasteiger partial charge in [-0.25, -0.2) is 0 Å². The predicted octanol–water partition coefficient (Wildman–Crippen LogP) is 2.03. The van der Waals surface area contributed by atoms with Gasteiger partial charge in [-0.15, -0.1) is 0 Å². The van der Waals surface area contributed by atoms with Gasteiger partial charge in [-0.3, -0.25) is 0 Å². The predicted molar refractivity (Wildman–Crippen MR) is 83.1 cm³/mol. The fraction of sp³-hybridized carbons (Fsp3) is 0.733. The highest BCUT2D eigenvalue weighted by Crippen LogP contribution is 2.17. The molecule has 6 heteroatoms. The summed E-state index contributed by atoms with van der Waals surface area (Å²) in [6, 6.07) is 1.67. The smallest absolute Gasteiger partial charge is 0.229 e. The first-order valence-corrected chi connectivity index (χ1v) is 7.64. The number of anilines is 1. The van der Waals surface area contributed by atoms with Gasteiger partial charge in [-0.2, -0.15) is 9.97 Å². The van der Waals surface area contributed by atoms with Crippen LogP contribution < -0.4 is 14.8 Å². The molecule has 21 heavy (non-hydrogen) atoms. The molecular weight excluding hydrogens is 268 g/mol. The number of rotatable bonds is 7. The van der Waals surface area contributed by atoms with Gasteiger partial charge in [0.15, 0.2) is 0 Å². The summed E-state index contributed by atoms with van der Waals surface area (Å²) in [6.45, 7) is 6.67. The normalized spacial score (nSPS) is 17.3. The minimum Gasteiger partial charge on any atom is -0.481 e. The van der Waals surface area contributed by atoms with Crippen LogP contribution in [0.4, 0.5) is 5.95 Å².